The number of rotatable bonds is 4. The van der Waals surface area contributed by atoms with Crippen LogP contribution in [0.5, 0.6) is 0 Å². The molecule has 1 aromatic rings. The van der Waals surface area contributed by atoms with Gasteiger partial charge in [0.05, 0.1) is 0 Å². The maximum Gasteiger partial charge on any atom is 0.0359 e. The van der Waals surface area contributed by atoms with Gasteiger partial charge >= 0.3 is 0 Å². The standard InChI is InChI=1S/C18H31N3/c1-17(2,16(19)15-9-7-6-8-10-15)13-21-12-11-20(5)18(3,4)14-21/h6-10,16H,11-14,19H2,1-5H3. The van der Waals surface area contributed by atoms with E-state index in [0.717, 1.165) is 26.2 Å². The Morgan fingerprint density at radius 3 is 2.38 bits per heavy atom. The predicted octanol–water partition coefficient (Wildman–Crippen LogP) is 2.74. The van der Waals surface area contributed by atoms with Crippen LogP contribution in [0, 0.1) is 5.41 Å². The Labute approximate surface area is 130 Å². The summed E-state index contributed by atoms with van der Waals surface area (Å²) in [7, 11) is 2.22. The molecule has 1 fully saturated rings. The van der Waals surface area contributed by atoms with E-state index in [9.17, 15) is 0 Å². The third kappa shape index (κ3) is 3.85. The van der Waals surface area contributed by atoms with E-state index in [-0.39, 0.29) is 17.0 Å². The smallest absolute Gasteiger partial charge is 0.0359 e. The molecule has 118 valence electrons. The van der Waals surface area contributed by atoms with Crippen molar-refractivity contribution in [3.05, 3.63) is 35.9 Å². The van der Waals surface area contributed by atoms with Gasteiger partial charge in [-0.05, 0) is 31.9 Å². The molecule has 1 aliphatic heterocycles. The Balaban J connectivity index is 2.04. The van der Waals surface area contributed by atoms with Gasteiger partial charge in [0.25, 0.3) is 0 Å². The van der Waals surface area contributed by atoms with Crippen molar-refractivity contribution in [1.82, 2.24) is 9.80 Å². The number of hydrogen-bond acceptors (Lipinski definition) is 3. The Morgan fingerprint density at radius 1 is 1.19 bits per heavy atom. The van der Waals surface area contributed by atoms with Crippen molar-refractivity contribution in [2.45, 2.75) is 39.3 Å². The van der Waals surface area contributed by atoms with E-state index in [0.29, 0.717) is 0 Å². The second-order valence-electron chi connectivity index (χ2n) is 7.82. The number of nitrogens with two attached hydrogens (primary N) is 1. The molecular formula is C18H31N3. The first-order valence-electron chi connectivity index (χ1n) is 7.96. The summed E-state index contributed by atoms with van der Waals surface area (Å²) in [6.45, 7) is 13.6. The molecule has 1 atom stereocenters. The van der Waals surface area contributed by atoms with Crippen LogP contribution in [0.4, 0.5) is 0 Å². The summed E-state index contributed by atoms with van der Waals surface area (Å²) in [5.41, 5.74) is 8.08. The Morgan fingerprint density at radius 2 is 1.81 bits per heavy atom. The van der Waals surface area contributed by atoms with E-state index in [1.807, 2.05) is 6.07 Å². The van der Waals surface area contributed by atoms with E-state index in [1.165, 1.54) is 5.56 Å². The first-order valence-corrected chi connectivity index (χ1v) is 7.96. The molecular weight excluding hydrogens is 258 g/mol. The maximum absolute atomic E-state index is 6.55. The van der Waals surface area contributed by atoms with Gasteiger partial charge in [-0.2, -0.15) is 0 Å². The van der Waals surface area contributed by atoms with Crippen LogP contribution in [0.1, 0.15) is 39.3 Å². The SMILES string of the molecule is CN1CCN(CC(C)(C)C(N)c2ccccc2)CC1(C)C. The normalized spacial score (nSPS) is 22.2. The summed E-state index contributed by atoms with van der Waals surface area (Å²) < 4.78 is 0. The number of nitrogens with zero attached hydrogens (tertiary/aromatic N) is 2. The van der Waals surface area contributed by atoms with Gasteiger partial charge in [0, 0.05) is 37.8 Å². The molecule has 3 heteroatoms. The number of hydrogen-bond donors (Lipinski definition) is 1. The molecule has 0 amide bonds. The van der Waals surface area contributed by atoms with Gasteiger partial charge < -0.3 is 5.73 Å². The molecule has 1 aromatic carbocycles. The van der Waals surface area contributed by atoms with Crippen LogP contribution in [-0.4, -0.2) is 48.6 Å². The highest BCUT2D eigenvalue weighted by Gasteiger charge is 2.35. The van der Waals surface area contributed by atoms with Gasteiger partial charge in [-0.15, -0.1) is 0 Å². The molecule has 2 N–H and O–H groups in total. The van der Waals surface area contributed by atoms with Gasteiger partial charge in [0.2, 0.25) is 0 Å². The minimum absolute atomic E-state index is 0.0628. The summed E-state index contributed by atoms with van der Waals surface area (Å²) in [4.78, 5) is 5.02. The van der Waals surface area contributed by atoms with Crippen LogP contribution in [0.2, 0.25) is 0 Å². The minimum Gasteiger partial charge on any atom is -0.323 e. The predicted molar refractivity (Wildman–Crippen MR) is 90.3 cm³/mol. The van der Waals surface area contributed by atoms with Crippen molar-refractivity contribution in [3.63, 3.8) is 0 Å². The highest BCUT2D eigenvalue weighted by atomic mass is 15.3. The minimum atomic E-state index is 0.0628. The number of likely N-dealkylation sites (N-methyl/N-ethyl adjacent to an activating group) is 1. The number of benzene rings is 1. The lowest BCUT2D eigenvalue weighted by Gasteiger charge is -2.48. The molecule has 0 saturated carbocycles. The summed E-state index contributed by atoms with van der Waals surface area (Å²) in [5, 5.41) is 0. The summed E-state index contributed by atoms with van der Waals surface area (Å²) in [5.74, 6) is 0. The zero-order chi connectivity index (χ0) is 15.7. The van der Waals surface area contributed by atoms with Crippen LogP contribution in [0.15, 0.2) is 30.3 Å². The van der Waals surface area contributed by atoms with Crippen molar-refractivity contribution >= 4 is 0 Å². The van der Waals surface area contributed by atoms with E-state index in [4.69, 9.17) is 5.73 Å². The topological polar surface area (TPSA) is 32.5 Å². The van der Waals surface area contributed by atoms with Gasteiger partial charge in [-0.1, -0.05) is 44.2 Å². The van der Waals surface area contributed by atoms with Gasteiger partial charge in [0.1, 0.15) is 0 Å². The quantitative estimate of drug-likeness (QED) is 0.925. The molecule has 1 heterocycles. The molecule has 0 bridgehead atoms. The molecule has 3 nitrogen and oxygen atoms in total. The lowest BCUT2D eigenvalue weighted by molar-refractivity contribution is 0.0172. The lowest BCUT2D eigenvalue weighted by Crippen LogP contribution is -2.59. The monoisotopic (exact) mass is 289 g/mol. The van der Waals surface area contributed by atoms with Crippen LogP contribution < -0.4 is 5.73 Å². The van der Waals surface area contributed by atoms with E-state index in [1.54, 1.807) is 0 Å². The molecule has 0 spiro atoms. The zero-order valence-corrected chi connectivity index (χ0v) is 14.3. The van der Waals surface area contributed by atoms with Crippen molar-refractivity contribution in [2.24, 2.45) is 11.1 Å². The molecule has 2 rings (SSSR count). The maximum atomic E-state index is 6.55. The molecule has 1 unspecified atom stereocenters. The van der Waals surface area contributed by atoms with Crippen molar-refractivity contribution in [3.8, 4) is 0 Å². The first-order chi connectivity index (χ1) is 9.72. The van der Waals surface area contributed by atoms with Crippen molar-refractivity contribution in [1.29, 1.82) is 0 Å². The van der Waals surface area contributed by atoms with Gasteiger partial charge in [-0.25, -0.2) is 0 Å². The molecule has 21 heavy (non-hydrogen) atoms. The molecule has 0 aliphatic carbocycles. The fourth-order valence-corrected chi connectivity index (χ4v) is 3.26. The highest BCUT2D eigenvalue weighted by molar-refractivity contribution is 5.20. The number of piperazine rings is 1. The third-order valence-corrected chi connectivity index (χ3v) is 5.03. The summed E-state index contributed by atoms with van der Waals surface area (Å²) in [6, 6.07) is 10.5. The Hall–Kier alpha value is -0.900. The second kappa shape index (κ2) is 6.07. The zero-order valence-electron chi connectivity index (χ0n) is 14.3. The first kappa shape index (κ1) is 16.5. The van der Waals surface area contributed by atoms with E-state index >= 15 is 0 Å². The lowest BCUT2D eigenvalue weighted by atomic mass is 9.80. The summed E-state index contributed by atoms with van der Waals surface area (Å²) >= 11 is 0. The third-order valence-electron chi connectivity index (χ3n) is 5.03. The molecule has 0 aromatic heterocycles. The largest absolute Gasteiger partial charge is 0.323 e. The van der Waals surface area contributed by atoms with E-state index in [2.05, 4.69) is 68.8 Å². The molecule has 1 aliphatic rings. The fourth-order valence-electron chi connectivity index (χ4n) is 3.26. The molecule has 0 radical (unpaired) electrons. The van der Waals surface area contributed by atoms with Crippen LogP contribution in [0.25, 0.3) is 0 Å². The van der Waals surface area contributed by atoms with Crippen LogP contribution in [-0.2, 0) is 0 Å². The highest BCUT2D eigenvalue weighted by Crippen LogP contribution is 2.33. The average molecular weight is 289 g/mol. The Kier molecular flexibility index (Phi) is 4.76. The van der Waals surface area contributed by atoms with Crippen molar-refractivity contribution in [2.75, 3.05) is 33.2 Å². The van der Waals surface area contributed by atoms with E-state index < -0.39 is 0 Å². The van der Waals surface area contributed by atoms with Crippen LogP contribution in [0.3, 0.4) is 0 Å². The summed E-state index contributed by atoms with van der Waals surface area (Å²) in [6.07, 6.45) is 0. The Bertz CT molecular complexity index is 453. The fraction of sp³-hybridized carbons (Fsp3) is 0.667. The van der Waals surface area contributed by atoms with Gasteiger partial charge in [0.15, 0.2) is 0 Å². The van der Waals surface area contributed by atoms with Crippen LogP contribution >= 0.6 is 0 Å². The second-order valence-corrected chi connectivity index (χ2v) is 7.82. The van der Waals surface area contributed by atoms with Crippen molar-refractivity contribution < 1.29 is 0 Å². The average Bonchev–Trinajstić information content (AvgIpc) is 2.42. The van der Waals surface area contributed by atoms with Gasteiger partial charge in [-0.3, -0.25) is 9.80 Å². The molecule has 1 saturated heterocycles.